The van der Waals surface area contributed by atoms with E-state index >= 15 is 0 Å². The van der Waals surface area contributed by atoms with Crippen LogP contribution < -0.4 is 5.73 Å². The van der Waals surface area contributed by atoms with Crippen LogP contribution in [0.1, 0.15) is 15.6 Å². The van der Waals surface area contributed by atoms with Gasteiger partial charge in [0.05, 0.1) is 15.4 Å². The minimum absolute atomic E-state index is 0.433. The number of hydrogen-bond acceptors (Lipinski definition) is 6. The summed E-state index contributed by atoms with van der Waals surface area (Å²) in [6.07, 6.45) is 0. The Labute approximate surface area is 118 Å². The summed E-state index contributed by atoms with van der Waals surface area (Å²) in [5, 5.41) is 8.18. The van der Waals surface area contributed by atoms with Gasteiger partial charge in [-0.1, -0.05) is 5.16 Å². The Hall–Kier alpha value is -2.48. The third-order valence-electron chi connectivity index (χ3n) is 2.74. The summed E-state index contributed by atoms with van der Waals surface area (Å²) in [6.45, 7) is 1.72. The van der Waals surface area contributed by atoms with Crippen LogP contribution in [0.5, 0.6) is 0 Å². The van der Waals surface area contributed by atoms with Crippen LogP contribution in [0.25, 0.3) is 22.1 Å². The van der Waals surface area contributed by atoms with Crippen LogP contribution in [0.2, 0.25) is 0 Å². The zero-order valence-corrected chi connectivity index (χ0v) is 11.6. The maximum absolute atomic E-state index is 11.1. The molecule has 0 unspecified atom stereocenters. The minimum atomic E-state index is -0.433. The standard InChI is InChI=1S/C12H11N5O2S/c1-6-14-12(16-19-6)7-5-8(17(2)15-7)9-3-4-10(20-9)11(13)18/h3-5H,1-2H3,(H2,13,18). The number of nitrogens with two attached hydrogens (primary N) is 1. The normalized spacial score (nSPS) is 10.9. The molecule has 0 radical (unpaired) electrons. The van der Waals surface area contributed by atoms with Gasteiger partial charge in [-0.15, -0.1) is 11.3 Å². The molecule has 1 amide bonds. The van der Waals surface area contributed by atoms with E-state index in [4.69, 9.17) is 10.3 Å². The number of thiophene rings is 1. The number of hydrogen-bond donors (Lipinski definition) is 1. The van der Waals surface area contributed by atoms with Gasteiger partial charge in [0.2, 0.25) is 11.7 Å². The van der Waals surface area contributed by atoms with Gasteiger partial charge < -0.3 is 10.3 Å². The van der Waals surface area contributed by atoms with E-state index < -0.39 is 5.91 Å². The summed E-state index contributed by atoms with van der Waals surface area (Å²) in [5.74, 6) is 0.493. The van der Waals surface area contributed by atoms with E-state index in [0.29, 0.717) is 22.3 Å². The number of amides is 1. The van der Waals surface area contributed by atoms with Gasteiger partial charge in [0, 0.05) is 14.0 Å². The van der Waals surface area contributed by atoms with E-state index in [1.54, 1.807) is 17.7 Å². The molecular formula is C12H11N5O2S. The fraction of sp³-hybridized carbons (Fsp3) is 0.167. The third-order valence-corrected chi connectivity index (χ3v) is 3.86. The molecule has 0 spiro atoms. The van der Waals surface area contributed by atoms with Gasteiger partial charge in [0.1, 0.15) is 5.69 Å². The molecule has 2 N–H and O–H groups in total. The molecule has 7 nitrogen and oxygen atoms in total. The SMILES string of the molecule is Cc1nc(-c2cc(-c3ccc(C(N)=O)s3)n(C)n2)no1. The molecule has 102 valence electrons. The van der Waals surface area contributed by atoms with Crippen molar-refractivity contribution in [3.63, 3.8) is 0 Å². The van der Waals surface area contributed by atoms with E-state index in [1.165, 1.54) is 11.3 Å². The Kier molecular flexibility index (Phi) is 2.87. The highest BCUT2D eigenvalue weighted by Gasteiger charge is 2.15. The van der Waals surface area contributed by atoms with E-state index in [9.17, 15) is 4.79 Å². The fourth-order valence-electron chi connectivity index (χ4n) is 1.82. The maximum Gasteiger partial charge on any atom is 0.258 e. The van der Waals surface area contributed by atoms with Crippen molar-refractivity contribution >= 4 is 17.2 Å². The lowest BCUT2D eigenvalue weighted by atomic mass is 10.3. The first-order chi connectivity index (χ1) is 9.54. The largest absolute Gasteiger partial charge is 0.365 e. The molecule has 0 atom stereocenters. The highest BCUT2D eigenvalue weighted by Crippen LogP contribution is 2.30. The van der Waals surface area contributed by atoms with Crippen molar-refractivity contribution in [3.05, 3.63) is 29.0 Å². The molecule has 0 saturated carbocycles. The Morgan fingerprint density at radius 1 is 1.45 bits per heavy atom. The zero-order chi connectivity index (χ0) is 14.3. The van der Waals surface area contributed by atoms with Gasteiger partial charge >= 0.3 is 0 Å². The second kappa shape index (κ2) is 4.57. The zero-order valence-electron chi connectivity index (χ0n) is 10.8. The number of nitrogens with zero attached hydrogens (tertiary/aromatic N) is 4. The Balaban J connectivity index is 2.02. The lowest BCUT2D eigenvalue weighted by Gasteiger charge is -1.95. The summed E-state index contributed by atoms with van der Waals surface area (Å²) in [6, 6.07) is 5.39. The highest BCUT2D eigenvalue weighted by atomic mass is 32.1. The van der Waals surface area contributed by atoms with Crippen molar-refractivity contribution in [2.24, 2.45) is 12.8 Å². The second-order valence-electron chi connectivity index (χ2n) is 4.20. The van der Waals surface area contributed by atoms with E-state index in [1.807, 2.05) is 19.2 Å². The molecule has 0 aromatic carbocycles. The van der Waals surface area contributed by atoms with Crippen molar-refractivity contribution in [3.8, 4) is 22.1 Å². The number of aryl methyl sites for hydroxylation is 2. The van der Waals surface area contributed by atoms with Crippen LogP contribution in [0, 0.1) is 6.92 Å². The topological polar surface area (TPSA) is 99.8 Å². The molecule has 3 aromatic heterocycles. The smallest absolute Gasteiger partial charge is 0.258 e. The first-order valence-corrected chi connectivity index (χ1v) is 6.61. The maximum atomic E-state index is 11.1. The third kappa shape index (κ3) is 2.10. The quantitative estimate of drug-likeness (QED) is 0.789. The van der Waals surface area contributed by atoms with Crippen molar-refractivity contribution in [1.29, 1.82) is 0 Å². The van der Waals surface area contributed by atoms with Crippen LogP contribution in [0.15, 0.2) is 22.7 Å². The molecule has 20 heavy (non-hydrogen) atoms. The Morgan fingerprint density at radius 3 is 2.85 bits per heavy atom. The van der Waals surface area contributed by atoms with Gasteiger partial charge in [-0.3, -0.25) is 9.48 Å². The lowest BCUT2D eigenvalue weighted by Crippen LogP contribution is -2.07. The van der Waals surface area contributed by atoms with Gasteiger partial charge in [-0.25, -0.2) is 0 Å². The van der Waals surface area contributed by atoms with Gasteiger partial charge in [-0.2, -0.15) is 10.1 Å². The Bertz CT molecular complexity index is 785. The molecule has 0 fully saturated rings. The van der Waals surface area contributed by atoms with Crippen molar-refractivity contribution < 1.29 is 9.32 Å². The molecular weight excluding hydrogens is 278 g/mol. The minimum Gasteiger partial charge on any atom is -0.365 e. The average molecular weight is 289 g/mol. The van der Waals surface area contributed by atoms with E-state index in [-0.39, 0.29) is 0 Å². The van der Waals surface area contributed by atoms with E-state index in [2.05, 4.69) is 15.2 Å². The fourth-order valence-corrected chi connectivity index (χ4v) is 2.72. The summed E-state index contributed by atoms with van der Waals surface area (Å²) >= 11 is 1.32. The average Bonchev–Trinajstić information content (AvgIpc) is 3.07. The first-order valence-electron chi connectivity index (χ1n) is 5.79. The molecule has 0 aliphatic heterocycles. The molecule has 8 heteroatoms. The second-order valence-corrected chi connectivity index (χ2v) is 5.29. The summed E-state index contributed by atoms with van der Waals surface area (Å²) in [4.78, 5) is 16.7. The van der Waals surface area contributed by atoms with Crippen LogP contribution in [0.3, 0.4) is 0 Å². The van der Waals surface area contributed by atoms with Crippen molar-refractivity contribution in [1.82, 2.24) is 19.9 Å². The number of primary amides is 1. The predicted octanol–water partition coefficient (Wildman–Crippen LogP) is 1.61. The molecule has 0 aliphatic rings. The number of rotatable bonds is 3. The van der Waals surface area contributed by atoms with Crippen LogP contribution >= 0.6 is 11.3 Å². The number of carbonyl (C=O) groups is 1. The van der Waals surface area contributed by atoms with Crippen LogP contribution in [-0.2, 0) is 7.05 Å². The predicted molar refractivity (Wildman–Crippen MR) is 73.1 cm³/mol. The monoisotopic (exact) mass is 289 g/mol. The van der Waals surface area contributed by atoms with Crippen LogP contribution in [-0.4, -0.2) is 25.8 Å². The number of aromatic nitrogens is 4. The van der Waals surface area contributed by atoms with Gasteiger partial charge in [0.25, 0.3) is 5.91 Å². The molecule has 3 heterocycles. The highest BCUT2D eigenvalue weighted by molar-refractivity contribution is 7.17. The summed E-state index contributed by atoms with van der Waals surface area (Å²) in [5.41, 5.74) is 6.74. The van der Waals surface area contributed by atoms with Gasteiger partial charge in [-0.05, 0) is 18.2 Å². The Morgan fingerprint density at radius 2 is 2.25 bits per heavy atom. The molecule has 3 aromatic rings. The molecule has 0 bridgehead atoms. The molecule has 3 rings (SSSR count). The first kappa shape index (κ1) is 12.5. The summed E-state index contributed by atoms with van der Waals surface area (Å²) in [7, 11) is 1.81. The number of carbonyl (C=O) groups excluding carboxylic acids is 1. The van der Waals surface area contributed by atoms with E-state index in [0.717, 1.165) is 10.6 Å². The summed E-state index contributed by atoms with van der Waals surface area (Å²) < 4.78 is 6.65. The van der Waals surface area contributed by atoms with Gasteiger partial charge in [0.15, 0.2) is 0 Å². The van der Waals surface area contributed by atoms with Crippen LogP contribution in [0.4, 0.5) is 0 Å². The van der Waals surface area contributed by atoms with Crippen molar-refractivity contribution in [2.45, 2.75) is 6.92 Å². The molecule has 0 aliphatic carbocycles. The lowest BCUT2D eigenvalue weighted by molar-refractivity contribution is 0.100. The van der Waals surface area contributed by atoms with Crippen molar-refractivity contribution in [2.75, 3.05) is 0 Å². The molecule has 0 saturated heterocycles.